The van der Waals surface area contributed by atoms with Gasteiger partial charge < -0.3 is 14.6 Å². The summed E-state index contributed by atoms with van der Waals surface area (Å²) >= 11 is 0. The molecule has 0 heterocycles. The van der Waals surface area contributed by atoms with Gasteiger partial charge in [-0.25, -0.2) is 4.79 Å². The van der Waals surface area contributed by atoms with E-state index < -0.39 is 29.7 Å². The van der Waals surface area contributed by atoms with Crippen molar-refractivity contribution in [2.24, 2.45) is 0 Å². The van der Waals surface area contributed by atoms with Gasteiger partial charge in [0, 0.05) is 6.42 Å². The minimum atomic E-state index is -2.17. The van der Waals surface area contributed by atoms with Gasteiger partial charge in [0.1, 0.15) is 0 Å². The van der Waals surface area contributed by atoms with Crippen LogP contribution in [0.2, 0.25) is 0 Å². The van der Waals surface area contributed by atoms with E-state index >= 15 is 0 Å². The Kier molecular flexibility index (Phi) is 6.34. The van der Waals surface area contributed by atoms with E-state index in [1.165, 1.54) is 0 Å². The maximum Gasteiger partial charge on any atom is 0.372 e. The van der Waals surface area contributed by atoms with Gasteiger partial charge in [0.25, 0.3) is 0 Å². The summed E-state index contributed by atoms with van der Waals surface area (Å²) in [6.07, 6.45) is -0.154. The number of aliphatic carboxylic acids is 1. The van der Waals surface area contributed by atoms with Gasteiger partial charge in [-0.05, 0) is 34.1 Å². The van der Waals surface area contributed by atoms with Gasteiger partial charge in [0.2, 0.25) is 5.78 Å². The van der Waals surface area contributed by atoms with Gasteiger partial charge in [-0.15, -0.1) is 0 Å². The molecule has 0 aromatic rings. The molecule has 0 aliphatic rings. The van der Waals surface area contributed by atoms with Crippen molar-refractivity contribution >= 4 is 11.8 Å². The molecule has 0 rings (SSSR count). The molecular formula is C12H22O5. The zero-order chi connectivity index (χ0) is 13.6. The number of carbonyl (C=O) groups excluding carboxylic acids is 1. The third-order valence-electron chi connectivity index (χ3n) is 1.93. The number of carbonyl (C=O) groups is 2. The van der Waals surface area contributed by atoms with Crippen molar-refractivity contribution in [3.05, 3.63) is 0 Å². The summed E-state index contributed by atoms with van der Waals surface area (Å²) in [4.78, 5) is 23.3. The minimum Gasteiger partial charge on any atom is -0.477 e. The number of hydrogen-bond donors (Lipinski definition) is 1. The molecule has 5 nitrogen and oxygen atoms in total. The Morgan fingerprint density at radius 1 is 1.12 bits per heavy atom. The Bertz CT molecular complexity index is 260. The monoisotopic (exact) mass is 246 g/mol. The summed E-state index contributed by atoms with van der Waals surface area (Å²) in [5.74, 6) is -4.11. The zero-order valence-corrected chi connectivity index (χ0v) is 11.1. The molecule has 0 saturated carbocycles. The van der Waals surface area contributed by atoms with Gasteiger partial charge in [-0.3, -0.25) is 4.79 Å². The fraction of sp³-hybridized carbons (Fsp3) is 0.833. The zero-order valence-electron chi connectivity index (χ0n) is 11.1. The lowest BCUT2D eigenvalue weighted by Gasteiger charge is -2.31. The number of carboxylic acid groups (broad SMARTS) is 1. The van der Waals surface area contributed by atoms with Crippen molar-refractivity contribution in [1.29, 1.82) is 0 Å². The maximum absolute atomic E-state index is 11.9. The standard InChI is InChI=1S/C12H22O5/c1-6-7-10(13)12(11(14)15,16-8(2)3)17-9(4)5/h8-9H,6-7H2,1-5H3,(H,14,15). The summed E-state index contributed by atoms with van der Waals surface area (Å²) in [5, 5.41) is 9.25. The summed E-state index contributed by atoms with van der Waals surface area (Å²) in [6, 6.07) is 0. The highest BCUT2D eigenvalue weighted by Gasteiger charge is 2.49. The van der Waals surface area contributed by atoms with Crippen LogP contribution in [0.1, 0.15) is 47.5 Å². The van der Waals surface area contributed by atoms with Gasteiger partial charge >= 0.3 is 11.8 Å². The molecule has 0 spiro atoms. The largest absolute Gasteiger partial charge is 0.477 e. The predicted molar refractivity (Wildman–Crippen MR) is 62.7 cm³/mol. The van der Waals surface area contributed by atoms with Crippen molar-refractivity contribution in [2.45, 2.75) is 65.5 Å². The first-order valence-corrected chi connectivity index (χ1v) is 5.88. The van der Waals surface area contributed by atoms with Gasteiger partial charge in [-0.2, -0.15) is 0 Å². The Hall–Kier alpha value is -0.940. The van der Waals surface area contributed by atoms with Crippen LogP contribution in [0.15, 0.2) is 0 Å². The van der Waals surface area contributed by atoms with Crippen molar-refractivity contribution < 1.29 is 24.2 Å². The number of Topliss-reactive ketones (excluding diaryl/α,β-unsaturated/α-hetero) is 1. The molecular weight excluding hydrogens is 224 g/mol. The lowest BCUT2D eigenvalue weighted by Crippen LogP contribution is -2.54. The van der Waals surface area contributed by atoms with Gasteiger partial charge in [-0.1, -0.05) is 6.92 Å². The van der Waals surface area contributed by atoms with Crippen LogP contribution in [-0.4, -0.2) is 34.9 Å². The van der Waals surface area contributed by atoms with Crippen molar-refractivity contribution in [3.63, 3.8) is 0 Å². The highest BCUT2D eigenvalue weighted by molar-refractivity contribution is 6.04. The van der Waals surface area contributed by atoms with E-state index in [4.69, 9.17) is 9.47 Å². The van der Waals surface area contributed by atoms with Crippen molar-refractivity contribution in [1.82, 2.24) is 0 Å². The van der Waals surface area contributed by atoms with E-state index in [1.54, 1.807) is 34.6 Å². The second-order valence-corrected chi connectivity index (χ2v) is 4.43. The fourth-order valence-electron chi connectivity index (χ4n) is 1.43. The summed E-state index contributed by atoms with van der Waals surface area (Å²) in [7, 11) is 0. The normalized spacial score (nSPS) is 12.2. The molecule has 0 atom stereocenters. The number of ketones is 1. The molecule has 0 aliphatic heterocycles. The smallest absolute Gasteiger partial charge is 0.372 e. The van der Waals surface area contributed by atoms with E-state index in [9.17, 15) is 14.7 Å². The summed E-state index contributed by atoms with van der Waals surface area (Å²) < 4.78 is 10.5. The Labute approximate surface area is 102 Å². The molecule has 0 fully saturated rings. The Balaban J connectivity index is 5.23. The molecule has 0 radical (unpaired) electrons. The molecule has 0 aromatic heterocycles. The third kappa shape index (κ3) is 4.44. The summed E-state index contributed by atoms with van der Waals surface area (Å²) in [6.45, 7) is 8.47. The van der Waals surface area contributed by atoms with E-state index in [1.807, 2.05) is 0 Å². The van der Waals surface area contributed by atoms with E-state index in [-0.39, 0.29) is 6.42 Å². The van der Waals surface area contributed by atoms with Crippen LogP contribution in [-0.2, 0) is 19.1 Å². The highest BCUT2D eigenvalue weighted by Crippen LogP contribution is 2.22. The molecule has 0 saturated heterocycles. The maximum atomic E-state index is 11.9. The fourth-order valence-corrected chi connectivity index (χ4v) is 1.43. The van der Waals surface area contributed by atoms with Crippen LogP contribution >= 0.6 is 0 Å². The van der Waals surface area contributed by atoms with Crippen LogP contribution in [0.4, 0.5) is 0 Å². The van der Waals surface area contributed by atoms with Crippen LogP contribution in [0.25, 0.3) is 0 Å². The topological polar surface area (TPSA) is 72.8 Å². The molecule has 1 N–H and O–H groups in total. The van der Waals surface area contributed by atoms with Crippen LogP contribution in [0.3, 0.4) is 0 Å². The average molecular weight is 246 g/mol. The predicted octanol–water partition coefficient (Wildman–Crippen LogP) is 1.99. The number of ether oxygens (including phenoxy) is 2. The second kappa shape index (κ2) is 6.71. The van der Waals surface area contributed by atoms with Gasteiger partial charge in [0.15, 0.2) is 0 Å². The number of hydrogen-bond acceptors (Lipinski definition) is 4. The first kappa shape index (κ1) is 16.1. The number of carboxylic acids is 1. The van der Waals surface area contributed by atoms with Crippen molar-refractivity contribution in [2.75, 3.05) is 0 Å². The minimum absolute atomic E-state index is 0.117. The molecule has 100 valence electrons. The van der Waals surface area contributed by atoms with Crippen LogP contribution in [0.5, 0.6) is 0 Å². The molecule has 0 amide bonds. The van der Waals surface area contributed by atoms with Crippen LogP contribution in [0, 0.1) is 0 Å². The van der Waals surface area contributed by atoms with E-state index in [0.717, 1.165) is 0 Å². The molecule has 0 aliphatic carbocycles. The molecule has 0 unspecified atom stereocenters. The summed E-state index contributed by atoms with van der Waals surface area (Å²) in [5.41, 5.74) is 0. The molecule has 0 bridgehead atoms. The van der Waals surface area contributed by atoms with E-state index in [0.29, 0.717) is 6.42 Å². The highest BCUT2D eigenvalue weighted by atomic mass is 16.7. The van der Waals surface area contributed by atoms with E-state index in [2.05, 4.69) is 0 Å². The first-order chi connectivity index (χ1) is 7.76. The molecule has 5 heteroatoms. The number of rotatable bonds is 8. The lowest BCUT2D eigenvalue weighted by molar-refractivity contribution is -0.256. The Morgan fingerprint density at radius 3 is 1.76 bits per heavy atom. The second-order valence-electron chi connectivity index (χ2n) is 4.43. The van der Waals surface area contributed by atoms with Gasteiger partial charge in [0.05, 0.1) is 12.2 Å². The average Bonchev–Trinajstić information content (AvgIpc) is 2.14. The van der Waals surface area contributed by atoms with Crippen molar-refractivity contribution in [3.8, 4) is 0 Å². The molecule has 17 heavy (non-hydrogen) atoms. The third-order valence-corrected chi connectivity index (χ3v) is 1.93. The SMILES string of the molecule is CCCC(=O)C(OC(C)C)(OC(C)C)C(=O)O. The first-order valence-electron chi connectivity index (χ1n) is 5.88. The molecule has 0 aromatic carbocycles. The quantitative estimate of drug-likeness (QED) is 0.523. The lowest BCUT2D eigenvalue weighted by atomic mass is 10.1. The Morgan fingerprint density at radius 2 is 1.53 bits per heavy atom. The van der Waals surface area contributed by atoms with Crippen LogP contribution < -0.4 is 0 Å².